The molecule has 4 aliphatic heterocycles. The Hall–Kier alpha value is -6.45. The van der Waals surface area contributed by atoms with Crippen molar-refractivity contribution in [1.29, 1.82) is 0 Å². The quantitative estimate of drug-likeness (QED) is 0.0962. The molecule has 60 heavy (non-hydrogen) atoms. The van der Waals surface area contributed by atoms with Crippen LogP contribution in [0.4, 0.5) is 5.69 Å². The number of nitrogens with one attached hydrogen (secondary N) is 1. The van der Waals surface area contributed by atoms with E-state index in [1.807, 2.05) is 70.5 Å². The first-order chi connectivity index (χ1) is 29.2. The first-order valence-corrected chi connectivity index (χ1v) is 20.4. The molecule has 4 aromatic carbocycles. The van der Waals surface area contributed by atoms with Crippen LogP contribution in [0.5, 0.6) is 5.75 Å². The number of ether oxygens (including phenoxy) is 3. The average molecular weight is 810 g/mol. The molecule has 4 aromatic rings. The number of nitrogens with zero attached hydrogens (tertiary/aromatic N) is 2. The van der Waals surface area contributed by atoms with E-state index in [1.165, 1.54) is 14.2 Å². The molecule has 4 aliphatic rings. The van der Waals surface area contributed by atoms with Gasteiger partial charge in [0.05, 0.1) is 32.2 Å². The van der Waals surface area contributed by atoms with Crippen LogP contribution in [-0.2, 0) is 43.6 Å². The average Bonchev–Trinajstić information content (AvgIpc) is 3.73. The number of hydrogen-bond acceptors (Lipinski definition) is 10. The number of esters is 3. The molecule has 2 amide bonds. The minimum absolute atomic E-state index is 0.0153. The van der Waals surface area contributed by atoms with E-state index in [0.29, 0.717) is 35.5 Å². The summed E-state index contributed by atoms with van der Waals surface area (Å²) in [5.41, 5.74) is 1.87. The number of carbonyl (C=O) groups excluding carboxylic acids is 5. The van der Waals surface area contributed by atoms with Crippen molar-refractivity contribution in [1.82, 2.24) is 9.80 Å². The second kappa shape index (κ2) is 17.0. The number of phenols is 1. The molecular weight excluding hydrogens is 763 g/mol. The monoisotopic (exact) mass is 809 g/mol. The molecule has 308 valence electrons. The summed E-state index contributed by atoms with van der Waals surface area (Å²) in [6, 6.07) is 28.2. The van der Waals surface area contributed by atoms with Gasteiger partial charge < -0.3 is 29.5 Å². The summed E-state index contributed by atoms with van der Waals surface area (Å²) in [5.74, 6) is 0.553. The van der Waals surface area contributed by atoms with Gasteiger partial charge in [0.2, 0.25) is 11.8 Å². The van der Waals surface area contributed by atoms with E-state index in [4.69, 9.17) is 14.2 Å². The predicted octanol–water partition coefficient (Wildman–Crippen LogP) is 6.16. The molecule has 0 aliphatic carbocycles. The van der Waals surface area contributed by atoms with Crippen LogP contribution in [-0.4, -0.2) is 78.0 Å². The maximum atomic E-state index is 15.7. The molecule has 8 rings (SSSR count). The number of benzene rings is 4. The number of aromatic hydroxyl groups is 1. The summed E-state index contributed by atoms with van der Waals surface area (Å²) >= 11 is 0. The summed E-state index contributed by atoms with van der Waals surface area (Å²) in [4.78, 5) is 74.9. The summed E-state index contributed by atoms with van der Waals surface area (Å²) in [5, 5.41) is 13.7. The maximum Gasteiger partial charge on any atom is 0.324 e. The van der Waals surface area contributed by atoms with Crippen molar-refractivity contribution >= 4 is 35.4 Å². The molecule has 2 N–H and O–H groups in total. The number of likely N-dealkylation sites (tertiary alicyclic amines) is 1. The zero-order valence-electron chi connectivity index (χ0n) is 33.5. The van der Waals surface area contributed by atoms with Crippen molar-refractivity contribution in [3.8, 4) is 17.6 Å². The van der Waals surface area contributed by atoms with Gasteiger partial charge in [0, 0.05) is 30.8 Å². The van der Waals surface area contributed by atoms with E-state index < -0.39 is 65.3 Å². The second-order valence-electron chi connectivity index (χ2n) is 15.8. The highest BCUT2D eigenvalue weighted by molar-refractivity contribution is 6.12. The Balaban J connectivity index is 1.38. The molecule has 1 spiro atoms. The zero-order chi connectivity index (χ0) is 42.0. The van der Waals surface area contributed by atoms with Crippen molar-refractivity contribution in [2.45, 2.75) is 68.2 Å². The lowest BCUT2D eigenvalue weighted by Crippen LogP contribution is -2.55. The van der Waals surface area contributed by atoms with Crippen molar-refractivity contribution in [2.75, 3.05) is 32.6 Å². The van der Waals surface area contributed by atoms with Crippen LogP contribution in [0.25, 0.3) is 0 Å². The lowest BCUT2D eigenvalue weighted by molar-refractivity contribution is -0.179. The fourth-order valence-corrected chi connectivity index (χ4v) is 9.77. The van der Waals surface area contributed by atoms with E-state index >= 15 is 14.4 Å². The Morgan fingerprint density at radius 1 is 0.800 bits per heavy atom. The molecule has 12 heteroatoms. The van der Waals surface area contributed by atoms with Gasteiger partial charge >= 0.3 is 17.9 Å². The van der Waals surface area contributed by atoms with Crippen molar-refractivity contribution < 1.29 is 43.3 Å². The van der Waals surface area contributed by atoms with Gasteiger partial charge in [-0.05, 0) is 65.4 Å². The molecule has 12 nitrogen and oxygen atoms in total. The number of cyclic esters (lactones) is 1. The van der Waals surface area contributed by atoms with Crippen LogP contribution in [0.2, 0.25) is 0 Å². The van der Waals surface area contributed by atoms with E-state index in [2.05, 4.69) is 17.2 Å². The van der Waals surface area contributed by atoms with Gasteiger partial charge in [0.25, 0.3) is 0 Å². The Bertz CT molecular complexity index is 2320. The molecule has 0 aromatic heterocycles. The number of methoxy groups -OCH3 is 2. The molecule has 3 saturated heterocycles. The minimum Gasteiger partial charge on any atom is -0.508 e. The van der Waals surface area contributed by atoms with Gasteiger partial charge in [0.1, 0.15) is 23.3 Å². The summed E-state index contributed by atoms with van der Waals surface area (Å²) in [7, 11) is 2.36. The Labute approximate surface area is 348 Å². The third kappa shape index (κ3) is 7.06. The highest BCUT2D eigenvalue weighted by Gasteiger charge is 2.74. The van der Waals surface area contributed by atoms with E-state index in [-0.39, 0.29) is 18.1 Å². The minimum atomic E-state index is -1.72. The molecule has 0 unspecified atom stereocenters. The van der Waals surface area contributed by atoms with Crippen LogP contribution < -0.4 is 5.32 Å². The highest BCUT2D eigenvalue weighted by atomic mass is 16.6. The third-order valence-corrected chi connectivity index (χ3v) is 12.5. The maximum absolute atomic E-state index is 15.7. The van der Waals surface area contributed by atoms with Gasteiger partial charge in [-0.1, -0.05) is 104 Å². The first kappa shape index (κ1) is 40.3. The van der Waals surface area contributed by atoms with Crippen molar-refractivity contribution in [2.24, 2.45) is 11.8 Å². The van der Waals surface area contributed by atoms with E-state index in [1.54, 1.807) is 42.5 Å². The van der Waals surface area contributed by atoms with Crippen LogP contribution >= 0.6 is 0 Å². The van der Waals surface area contributed by atoms with Crippen LogP contribution in [0.1, 0.15) is 84.5 Å². The van der Waals surface area contributed by atoms with Gasteiger partial charge in [-0.15, -0.1) is 0 Å². The SMILES string of the molecule is COC(=O)C(CC#Cc1ccc2c(c1)[C@]1(C(=O)N2)[C@H](C(=O)N2CCCCCCC2)[C@H]2C(=O)O[C@H](c3ccccc3)[C@H](c3ccccc3)N2[C@@H]1c1ccc(O)cc1)C(=O)OC. The molecule has 6 atom stereocenters. The molecule has 3 fully saturated rings. The van der Waals surface area contributed by atoms with Gasteiger partial charge in [-0.2, -0.15) is 0 Å². The number of carbonyl (C=O) groups is 5. The summed E-state index contributed by atoms with van der Waals surface area (Å²) in [6.07, 6.45) is 3.56. The van der Waals surface area contributed by atoms with Crippen molar-refractivity contribution in [3.63, 3.8) is 0 Å². The number of phenolic OH excluding ortho intramolecular Hbond substituents is 1. The Morgan fingerprint density at radius 3 is 2.05 bits per heavy atom. The number of fused-ring (bicyclic) bond motifs is 3. The Kier molecular flexibility index (Phi) is 11.4. The molecule has 0 saturated carbocycles. The van der Waals surface area contributed by atoms with E-state index in [0.717, 1.165) is 43.2 Å². The van der Waals surface area contributed by atoms with Crippen LogP contribution in [0, 0.1) is 23.7 Å². The molecule has 0 bridgehead atoms. The topological polar surface area (TPSA) is 152 Å². The first-order valence-electron chi connectivity index (χ1n) is 20.4. The van der Waals surface area contributed by atoms with Crippen molar-refractivity contribution in [3.05, 3.63) is 131 Å². The number of morpholine rings is 1. The lowest BCUT2D eigenvalue weighted by atomic mass is 9.65. The second-order valence-corrected chi connectivity index (χ2v) is 15.8. The van der Waals surface area contributed by atoms with E-state index in [9.17, 15) is 14.7 Å². The molecule has 0 radical (unpaired) electrons. The standard InChI is InChI=1S/C48H47N3O9/c1-58-44(54)35(45(55)59-2)20-14-15-30-21-26-37-36(29-30)48(47(57)49-37)38(43(53)50-27-12-4-3-5-13-28-50)40-46(56)60-41(32-18-10-7-11-19-32)39(31-16-8-6-9-17-31)51(40)42(48)33-22-24-34(52)25-23-33/h6-11,16-19,21-26,29,35,38-42,52H,3-5,12-13,20,27-28H2,1-2H3,(H,49,57)/t38-,39-,40-,41+,42+,48-/m0/s1. The molecule has 4 heterocycles. The Morgan fingerprint density at radius 2 is 1.42 bits per heavy atom. The van der Waals surface area contributed by atoms with Gasteiger partial charge in [0.15, 0.2) is 5.92 Å². The zero-order valence-corrected chi connectivity index (χ0v) is 33.5. The number of hydrogen-bond donors (Lipinski definition) is 2. The lowest BCUT2D eigenvalue weighted by Gasteiger charge is -2.46. The smallest absolute Gasteiger partial charge is 0.324 e. The largest absolute Gasteiger partial charge is 0.508 e. The number of anilines is 1. The fourth-order valence-electron chi connectivity index (χ4n) is 9.77. The van der Waals surface area contributed by atoms with Gasteiger partial charge in [-0.25, -0.2) is 0 Å². The highest BCUT2D eigenvalue weighted by Crippen LogP contribution is 2.65. The number of rotatable bonds is 7. The van der Waals surface area contributed by atoms with Crippen LogP contribution in [0.3, 0.4) is 0 Å². The van der Waals surface area contributed by atoms with Crippen LogP contribution in [0.15, 0.2) is 103 Å². The molecular formula is C48H47N3O9. The summed E-state index contributed by atoms with van der Waals surface area (Å²) < 4.78 is 16.2. The third-order valence-electron chi connectivity index (χ3n) is 12.5. The predicted molar refractivity (Wildman–Crippen MR) is 220 cm³/mol. The fraction of sp³-hybridized carbons (Fsp3) is 0.354. The normalized spacial score (nSPS) is 24.9. The summed E-state index contributed by atoms with van der Waals surface area (Å²) in [6.45, 7) is 0.959. The number of amides is 2. The van der Waals surface area contributed by atoms with Gasteiger partial charge in [-0.3, -0.25) is 28.9 Å².